The molecule has 1 rings (SSSR count). The van der Waals surface area contributed by atoms with Gasteiger partial charge in [-0.3, -0.25) is 4.79 Å². The molecule has 0 atom stereocenters. The van der Waals surface area contributed by atoms with Crippen molar-refractivity contribution in [3.05, 3.63) is 29.8 Å². The second-order valence-corrected chi connectivity index (χ2v) is 3.53. The van der Waals surface area contributed by atoms with Crippen LogP contribution in [0.25, 0.3) is 0 Å². The molecule has 1 aromatic rings. The summed E-state index contributed by atoms with van der Waals surface area (Å²) < 4.78 is 5.09. The van der Waals surface area contributed by atoms with Crippen molar-refractivity contribution in [3.8, 4) is 0 Å². The molecule has 0 fully saturated rings. The van der Waals surface area contributed by atoms with Crippen LogP contribution in [0.2, 0.25) is 0 Å². The van der Waals surface area contributed by atoms with E-state index in [9.17, 15) is 4.79 Å². The van der Waals surface area contributed by atoms with Gasteiger partial charge in [0.05, 0.1) is 18.7 Å². The standard InChI is InChI=1S/C12H17N3O3/c1-2-18-8-7-11(16)14-10-6-4-3-5-9(10)12(13)15-17/h3-6,17H,2,7-8H2,1H3,(H2,13,15)(H,14,16). The summed E-state index contributed by atoms with van der Waals surface area (Å²) in [6.07, 6.45) is 0.262. The number of benzene rings is 1. The number of amidine groups is 1. The molecule has 0 aliphatic carbocycles. The Kier molecular flexibility index (Phi) is 5.66. The third-order valence-electron chi connectivity index (χ3n) is 2.26. The van der Waals surface area contributed by atoms with E-state index in [1.54, 1.807) is 24.3 Å². The fourth-order valence-electron chi connectivity index (χ4n) is 1.39. The van der Waals surface area contributed by atoms with Crippen LogP contribution in [-0.2, 0) is 9.53 Å². The molecule has 0 heterocycles. The van der Waals surface area contributed by atoms with Gasteiger partial charge in [-0.2, -0.15) is 0 Å². The molecule has 0 unspecified atom stereocenters. The molecule has 0 spiro atoms. The molecule has 6 heteroatoms. The van der Waals surface area contributed by atoms with Gasteiger partial charge in [0.1, 0.15) is 0 Å². The summed E-state index contributed by atoms with van der Waals surface area (Å²) >= 11 is 0. The number of nitrogens with one attached hydrogen (secondary N) is 1. The number of anilines is 1. The minimum atomic E-state index is -0.179. The molecule has 18 heavy (non-hydrogen) atoms. The smallest absolute Gasteiger partial charge is 0.226 e. The Morgan fingerprint density at radius 3 is 2.89 bits per heavy atom. The molecule has 0 aliphatic rings. The Labute approximate surface area is 105 Å². The minimum absolute atomic E-state index is 0.0456. The predicted octanol–water partition coefficient (Wildman–Crippen LogP) is 1.15. The fourth-order valence-corrected chi connectivity index (χ4v) is 1.39. The molecule has 0 saturated carbocycles. The lowest BCUT2D eigenvalue weighted by Crippen LogP contribution is -2.19. The monoisotopic (exact) mass is 251 g/mol. The molecule has 0 bridgehead atoms. The van der Waals surface area contributed by atoms with E-state index < -0.39 is 0 Å². The molecule has 0 saturated heterocycles. The van der Waals surface area contributed by atoms with Crippen LogP contribution < -0.4 is 11.1 Å². The predicted molar refractivity (Wildman–Crippen MR) is 68.7 cm³/mol. The van der Waals surface area contributed by atoms with Crippen LogP contribution in [0.5, 0.6) is 0 Å². The summed E-state index contributed by atoms with van der Waals surface area (Å²) in [7, 11) is 0. The highest BCUT2D eigenvalue weighted by Crippen LogP contribution is 2.14. The zero-order chi connectivity index (χ0) is 13.4. The second-order valence-electron chi connectivity index (χ2n) is 3.53. The van der Waals surface area contributed by atoms with Crippen LogP contribution in [-0.4, -0.2) is 30.2 Å². The van der Waals surface area contributed by atoms with E-state index in [0.29, 0.717) is 24.5 Å². The van der Waals surface area contributed by atoms with Crippen molar-refractivity contribution in [1.82, 2.24) is 0 Å². The van der Waals surface area contributed by atoms with Crippen molar-refractivity contribution >= 4 is 17.4 Å². The van der Waals surface area contributed by atoms with E-state index in [4.69, 9.17) is 15.7 Å². The number of carbonyl (C=O) groups excluding carboxylic acids is 1. The van der Waals surface area contributed by atoms with Gasteiger partial charge in [-0.15, -0.1) is 0 Å². The van der Waals surface area contributed by atoms with Gasteiger partial charge in [-0.1, -0.05) is 17.3 Å². The molecule has 1 amide bonds. The van der Waals surface area contributed by atoms with E-state index in [0.717, 1.165) is 0 Å². The number of ether oxygens (including phenoxy) is 1. The molecule has 0 aliphatic heterocycles. The van der Waals surface area contributed by atoms with Crippen LogP contribution in [0.1, 0.15) is 18.9 Å². The summed E-state index contributed by atoms with van der Waals surface area (Å²) in [4.78, 5) is 11.6. The number of oxime groups is 1. The topological polar surface area (TPSA) is 96.9 Å². The summed E-state index contributed by atoms with van der Waals surface area (Å²) in [6, 6.07) is 6.84. The average molecular weight is 251 g/mol. The average Bonchev–Trinajstić information content (AvgIpc) is 2.39. The highest BCUT2D eigenvalue weighted by molar-refractivity contribution is 6.05. The quantitative estimate of drug-likeness (QED) is 0.232. The fraction of sp³-hybridized carbons (Fsp3) is 0.333. The van der Waals surface area contributed by atoms with Gasteiger partial charge >= 0.3 is 0 Å². The van der Waals surface area contributed by atoms with Crippen LogP contribution >= 0.6 is 0 Å². The zero-order valence-electron chi connectivity index (χ0n) is 10.2. The van der Waals surface area contributed by atoms with E-state index >= 15 is 0 Å². The first-order chi connectivity index (χ1) is 8.69. The van der Waals surface area contributed by atoms with Crippen molar-refractivity contribution in [3.63, 3.8) is 0 Å². The summed E-state index contributed by atoms with van der Waals surface area (Å²) in [5.74, 6) is -0.225. The number of para-hydroxylation sites is 1. The minimum Gasteiger partial charge on any atom is -0.409 e. The lowest BCUT2D eigenvalue weighted by atomic mass is 10.1. The molecular weight excluding hydrogens is 234 g/mol. The van der Waals surface area contributed by atoms with Crippen LogP contribution in [0, 0.1) is 0 Å². The largest absolute Gasteiger partial charge is 0.409 e. The molecule has 0 aromatic heterocycles. The Morgan fingerprint density at radius 2 is 2.22 bits per heavy atom. The highest BCUT2D eigenvalue weighted by atomic mass is 16.5. The van der Waals surface area contributed by atoms with Gasteiger partial charge in [0.25, 0.3) is 0 Å². The third kappa shape index (κ3) is 4.06. The molecule has 1 aromatic carbocycles. The van der Waals surface area contributed by atoms with Crippen LogP contribution in [0.15, 0.2) is 29.4 Å². The Balaban J connectivity index is 2.69. The first-order valence-corrected chi connectivity index (χ1v) is 5.63. The van der Waals surface area contributed by atoms with Crippen molar-refractivity contribution in [2.24, 2.45) is 10.9 Å². The number of nitrogens with zero attached hydrogens (tertiary/aromatic N) is 1. The lowest BCUT2D eigenvalue weighted by Gasteiger charge is -2.09. The van der Waals surface area contributed by atoms with E-state index in [-0.39, 0.29) is 18.2 Å². The zero-order valence-corrected chi connectivity index (χ0v) is 10.2. The summed E-state index contributed by atoms with van der Waals surface area (Å²) in [5.41, 5.74) is 6.50. The third-order valence-corrected chi connectivity index (χ3v) is 2.26. The number of nitrogens with two attached hydrogens (primary N) is 1. The number of hydrogen-bond donors (Lipinski definition) is 3. The SMILES string of the molecule is CCOCCC(=O)Nc1ccccc1/C(N)=N/O. The first-order valence-electron chi connectivity index (χ1n) is 5.63. The van der Waals surface area contributed by atoms with Gasteiger partial charge < -0.3 is 21.0 Å². The lowest BCUT2D eigenvalue weighted by molar-refractivity contribution is -0.117. The summed E-state index contributed by atoms with van der Waals surface area (Å²) in [6.45, 7) is 2.81. The molecular formula is C12H17N3O3. The molecule has 0 radical (unpaired) electrons. The van der Waals surface area contributed by atoms with Crippen LogP contribution in [0.4, 0.5) is 5.69 Å². The van der Waals surface area contributed by atoms with Gasteiger partial charge in [-0.05, 0) is 19.1 Å². The number of amides is 1. The van der Waals surface area contributed by atoms with Crippen molar-refractivity contribution in [2.75, 3.05) is 18.5 Å². The number of carbonyl (C=O) groups is 1. The van der Waals surface area contributed by atoms with E-state index in [2.05, 4.69) is 10.5 Å². The first kappa shape index (κ1) is 14.0. The maximum atomic E-state index is 11.6. The van der Waals surface area contributed by atoms with Gasteiger partial charge in [0, 0.05) is 12.2 Å². The maximum absolute atomic E-state index is 11.6. The van der Waals surface area contributed by atoms with E-state index in [1.807, 2.05) is 6.92 Å². The number of hydrogen-bond acceptors (Lipinski definition) is 4. The van der Waals surface area contributed by atoms with Crippen LogP contribution in [0.3, 0.4) is 0 Å². The van der Waals surface area contributed by atoms with Crippen molar-refractivity contribution in [2.45, 2.75) is 13.3 Å². The normalized spacial score (nSPS) is 11.3. The molecule has 4 N–H and O–H groups in total. The van der Waals surface area contributed by atoms with Gasteiger partial charge in [-0.25, -0.2) is 0 Å². The highest BCUT2D eigenvalue weighted by Gasteiger charge is 2.09. The Morgan fingerprint density at radius 1 is 1.50 bits per heavy atom. The van der Waals surface area contributed by atoms with Crippen molar-refractivity contribution in [1.29, 1.82) is 0 Å². The Bertz CT molecular complexity index is 432. The maximum Gasteiger partial charge on any atom is 0.226 e. The van der Waals surface area contributed by atoms with Gasteiger partial charge in [0.15, 0.2) is 5.84 Å². The van der Waals surface area contributed by atoms with Gasteiger partial charge in [0.2, 0.25) is 5.91 Å². The van der Waals surface area contributed by atoms with Crippen molar-refractivity contribution < 1.29 is 14.7 Å². The number of rotatable bonds is 6. The van der Waals surface area contributed by atoms with E-state index in [1.165, 1.54) is 0 Å². The Hall–Kier alpha value is -2.08. The molecule has 98 valence electrons. The second kappa shape index (κ2) is 7.29. The molecule has 6 nitrogen and oxygen atoms in total. The summed E-state index contributed by atoms with van der Waals surface area (Å²) in [5, 5.41) is 14.3.